The smallest absolute Gasteiger partial charge is 0.233 e. The Balaban J connectivity index is 1.90. The van der Waals surface area contributed by atoms with Crippen molar-refractivity contribution in [2.45, 2.75) is 32.9 Å². The van der Waals surface area contributed by atoms with Crippen LogP contribution in [0.5, 0.6) is 0 Å². The molecule has 2 amide bonds. The van der Waals surface area contributed by atoms with E-state index in [1.54, 1.807) is 0 Å². The van der Waals surface area contributed by atoms with Gasteiger partial charge >= 0.3 is 0 Å². The van der Waals surface area contributed by atoms with Gasteiger partial charge in [-0.2, -0.15) is 0 Å². The molecular formula is C19H19BrN2O3. The number of nitrogens with zero attached hydrogens (tertiary/aromatic N) is 1. The molecule has 1 aromatic rings. The Morgan fingerprint density at radius 1 is 1.16 bits per heavy atom. The van der Waals surface area contributed by atoms with Crippen LogP contribution < -0.4 is 10.2 Å². The Labute approximate surface area is 154 Å². The van der Waals surface area contributed by atoms with Gasteiger partial charge in [0.25, 0.3) is 0 Å². The molecule has 3 heterocycles. The minimum absolute atomic E-state index is 0.0148. The molecule has 0 bridgehead atoms. The number of hydrogen-bond donors (Lipinski definition) is 1. The van der Waals surface area contributed by atoms with Crippen LogP contribution in [-0.2, 0) is 14.4 Å². The van der Waals surface area contributed by atoms with Crippen molar-refractivity contribution in [3.05, 3.63) is 34.3 Å². The molecule has 4 rings (SSSR count). The number of carbonyl (C=O) groups is 3. The number of ketones is 1. The third-order valence-electron chi connectivity index (χ3n) is 5.32. The predicted molar refractivity (Wildman–Crippen MR) is 97.8 cm³/mol. The normalized spacial score (nSPS) is 30.0. The molecule has 0 aliphatic carbocycles. The van der Waals surface area contributed by atoms with E-state index in [2.05, 4.69) is 21.2 Å². The number of rotatable bonds is 1. The highest BCUT2D eigenvalue weighted by atomic mass is 79.9. The summed E-state index contributed by atoms with van der Waals surface area (Å²) in [6.45, 7) is 5.57. The summed E-state index contributed by atoms with van der Waals surface area (Å²) in [5.74, 6) is -1.78. The topological polar surface area (TPSA) is 66.5 Å². The van der Waals surface area contributed by atoms with Gasteiger partial charge in [0.05, 0.1) is 17.9 Å². The summed E-state index contributed by atoms with van der Waals surface area (Å²) < 4.78 is 0.946. The number of Topliss-reactive ketones (excluding diaryl/α,β-unsaturated/α-hetero) is 1. The molecule has 6 heteroatoms. The molecule has 0 radical (unpaired) electrons. The second-order valence-corrected chi connectivity index (χ2v) is 8.84. The van der Waals surface area contributed by atoms with Crippen molar-refractivity contribution in [2.75, 3.05) is 4.90 Å². The van der Waals surface area contributed by atoms with Gasteiger partial charge in [-0.05, 0) is 23.8 Å². The molecule has 0 unspecified atom stereocenters. The summed E-state index contributed by atoms with van der Waals surface area (Å²) >= 11 is 3.47. The van der Waals surface area contributed by atoms with Crippen molar-refractivity contribution in [1.29, 1.82) is 0 Å². The third kappa shape index (κ3) is 2.30. The number of amides is 2. The van der Waals surface area contributed by atoms with E-state index in [4.69, 9.17) is 0 Å². The van der Waals surface area contributed by atoms with E-state index in [9.17, 15) is 14.4 Å². The number of carbonyl (C=O) groups excluding carboxylic acids is 3. The van der Waals surface area contributed by atoms with Crippen LogP contribution in [0.25, 0.3) is 6.08 Å². The lowest BCUT2D eigenvalue weighted by molar-refractivity contribution is -0.132. The van der Waals surface area contributed by atoms with Crippen LogP contribution in [0.1, 0.15) is 26.3 Å². The van der Waals surface area contributed by atoms with Gasteiger partial charge in [0.2, 0.25) is 11.8 Å². The van der Waals surface area contributed by atoms with Crippen LogP contribution in [0.3, 0.4) is 0 Å². The number of nitrogens with one attached hydrogen (secondary N) is 1. The summed E-state index contributed by atoms with van der Waals surface area (Å²) in [6.07, 6.45) is 3.92. The van der Waals surface area contributed by atoms with Gasteiger partial charge in [-0.3, -0.25) is 19.7 Å². The molecule has 5 nitrogen and oxygen atoms in total. The minimum atomic E-state index is -0.636. The van der Waals surface area contributed by atoms with Gasteiger partial charge in [0.1, 0.15) is 6.04 Å². The van der Waals surface area contributed by atoms with Gasteiger partial charge in [-0.25, -0.2) is 0 Å². The molecule has 130 valence electrons. The summed E-state index contributed by atoms with van der Waals surface area (Å²) in [5.41, 5.74) is 1.27. The molecule has 2 fully saturated rings. The van der Waals surface area contributed by atoms with Crippen molar-refractivity contribution >= 4 is 45.3 Å². The lowest BCUT2D eigenvalue weighted by atomic mass is 9.79. The highest BCUT2D eigenvalue weighted by molar-refractivity contribution is 9.10. The molecule has 3 aliphatic heterocycles. The summed E-state index contributed by atoms with van der Waals surface area (Å²) in [5, 5.41) is 2.42. The minimum Gasteiger partial charge on any atom is -0.353 e. The maximum Gasteiger partial charge on any atom is 0.233 e. The highest BCUT2D eigenvalue weighted by Crippen LogP contribution is 2.48. The van der Waals surface area contributed by atoms with Gasteiger partial charge in [-0.1, -0.05) is 48.9 Å². The molecular weight excluding hydrogens is 384 g/mol. The molecule has 2 saturated heterocycles. The quantitative estimate of drug-likeness (QED) is 0.732. The van der Waals surface area contributed by atoms with E-state index in [1.807, 2.05) is 56.0 Å². The standard InChI is InChI=1S/C19H19BrN2O3/c1-19(2,3)16(23)15-14-13(17(24)21-18(14)25)12-6-4-9-8-10(20)5-7-11(9)22(12)15/h4-8,12-15H,1-3H3,(H,21,24,25)/t12-,13-,14+,15+/m1/s1. The lowest BCUT2D eigenvalue weighted by Gasteiger charge is -2.38. The van der Waals surface area contributed by atoms with Crippen LogP contribution in [0, 0.1) is 17.3 Å². The van der Waals surface area contributed by atoms with Crippen molar-refractivity contribution in [3.63, 3.8) is 0 Å². The zero-order valence-electron chi connectivity index (χ0n) is 14.2. The van der Waals surface area contributed by atoms with E-state index in [-0.39, 0.29) is 23.6 Å². The Morgan fingerprint density at radius 2 is 1.84 bits per heavy atom. The predicted octanol–water partition coefficient (Wildman–Crippen LogP) is 2.54. The number of fused-ring (bicyclic) bond motifs is 5. The van der Waals surface area contributed by atoms with Gasteiger partial charge < -0.3 is 4.90 Å². The summed E-state index contributed by atoms with van der Waals surface area (Å²) in [7, 11) is 0. The van der Waals surface area contributed by atoms with E-state index in [0.717, 1.165) is 15.7 Å². The van der Waals surface area contributed by atoms with Crippen molar-refractivity contribution < 1.29 is 14.4 Å². The lowest BCUT2D eigenvalue weighted by Crippen LogP contribution is -2.50. The van der Waals surface area contributed by atoms with Crippen molar-refractivity contribution in [2.24, 2.45) is 17.3 Å². The van der Waals surface area contributed by atoms with Crippen molar-refractivity contribution in [3.8, 4) is 0 Å². The molecule has 25 heavy (non-hydrogen) atoms. The number of halogens is 1. The van der Waals surface area contributed by atoms with E-state index < -0.39 is 23.3 Å². The number of imide groups is 1. The summed E-state index contributed by atoms with van der Waals surface area (Å²) in [6, 6.07) is 4.94. The molecule has 1 N–H and O–H groups in total. The Kier molecular flexibility index (Phi) is 3.48. The highest BCUT2D eigenvalue weighted by Gasteiger charge is 2.62. The number of anilines is 1. The van der Waals surface area contributed by atoms with Crippen LogP contribution in [-0.4, -0.2) is 29.7 Å². The van der Waals surface area contributed by atoms with Crippen LogP contribution >= 0.6 is 15.9 Å². The SMILES string of the molecule is CC(C)(C)C(=O)[C@@H]1[C@H]2C(=O)NC(=O)[C@@H]2[C@H]2C=Cc3cc(Br)ccc3N21. The number of hydrogen-bond acceptors (Lipinski definition) is 4. The largest absolute Gasteiger partial charge is 0.353 e. The zero-order valence-corrected chi connectivity index (χ0v) is 15.8. The maximum atomic E-state index is 13.2. The summed E-state index contributed by atoms with van der Waals surface area (Å²) in [4.78, 5) is 40.1. The number of benzene rings is 1. The van der Waals surface area contributed by atoms with Crippen LogP contribution in [0.4, 0.5) is 5.69 Å². The zero-order chi connectivity index (χ0) is 18.1. The first-order valence-corrected chi connectivity index (χ1v) is 9.14. The van der Waals surface area contributed by atoms with E-state index in [0.29, 0.717) is 0 Å². The second-order valence-electron chi connectivity index (χ2n) is 7.92. The average molecular weight is 403 g/mol. The Morgan fingerprint density at radius 3 is 2.52 bits per heavy atom. The molecule has 0 saturated carbocycles. The first-order chi connectivity index (χ1) is 11.7. The molecule has 3 aliphatic rings. The van der Waals surface area contributed by atoms with E-state index >= 15 is 0 Å². The van der Waals surface area contributed by atoms with Crippen molar-refractivity contribution in [1.82, 2.24) is 5.32 Å². The fourth-order valence-electron chi connectivity index (χ4n) is 4.21. The maximum absolute atomic E-state index is 13.2. The van der Waals surface area contributed by atoms with Gasteiger partial charge in [0, 0.05) is 15.6 Å². The van der Waals surface area contributed by atoms with Crippen LogP contribution in [0.2, 0.25) is 0 Å². The fourth-order valence-corrected chi connectivity index (χ4v) is 4.58. The first kappa shape index (κ1) is 16.5. The monoisotopic (exact) mass is 402 g/mol. The average Bonchev–Trinajstić information content (AvgIpc) is 3.01. The second kappa shape index (κ2) is 5.27. The molecule has 1 aromatic carbocycles. The van der Waals surface area contributed by atoms with Crippen LogP contribution in [0.15, 0.2) is 28.7 Å². The fraction of sp³-hybridized carbons (Fsp3) is 0.421. The first-order valence-electron chi connectivity index (χ1n) is 8.35. The Hall–Kier alpha value is -1.95. The van der Waals surface area contributed by atoms with Gasteiger partial charge in [0.15, 0.2) is 5.78 Å². The van der Waals surface area contributed by atoms with E-state index in [1.165, 1.54) is 0 Å². The Bertz CT molecular complexity index is 840. The molecule has 0 spiro atoms. The molecule has 4 atom stereocenters. The molecule has 0 aromatic heterocycles. The third-order valence-corrected chi connectivity index (χ3v) is 5.81. The van der Waals surface area contributed by atoms with Gasteiger partial charge in [-0.15, -0.1) is 0 Å².